The Labute approximate surface area is 229 Å². The summed E-state index contributed by atoms with van der Waals surface area (Å²) in [6.45, 7) is 1.02. The fraction of sp³-hybridized carbons (Fsp3) is 0.387. The minimum atomic E-state index is -1.02. The lowest BCUT2D eigenvalue weighted by Gasteiger charge is -2.32. The van der Waals surface area contributed by atoms with Gasteiger partial charge in [0.1, 0.15) is 11.6 Å². The first-order valence-electron chi connectivity index (χ1n) is 13.4. The molecule has 1 unspecified atom stereocenters. The van der Waals surface area contributed by atoms with Gasteiger partial charge in [-0.05, 0) is 85.2 Å². The molecule has 4 N–H and O–H groups in total. The van der Waals surface area contributed by atoms with E-state index in [9.17, 15) is 14.3 Å². The van der Waals surface area contributed by atoms with Crippen LogP contribution >= 0.6 is 0 Å². The smallest absolute Gasteiger partial charge is 0.332 e. The average Bonchev–Trinajstić information content (AvgIpc) is 2.97. The van der Waals surface area contributed by atoms with Crippen LogP contribution in [-0.2, 0) is 20.8 Å². The van der Waals surface area contributed by atoms with E-state index in [-0.39, 0.29) is 24.2 Å². The molecule has 7 nitrogen and oxygen atoms in total. The molecule has 4 atom stereocenters. The highest BCUT2D eigenvalue weighted by Gasteiger charge is 2.30. The molecule has 0 bridgehead atoms. The van der Waals surface area contributed by atoms with Crippen molar-refractivity contribution < 1.29 is 28.5 Å². The molecule has 0 amide bonds. The van der Waals surface area contributed by atoms with Gasteiger partial charge in [0, 0.05) is 24.8 Å². The summed E-state index contributed by atoms with van der Waals surface area (Å²) in [6.07, 6.45) is 1.78. The number of ether oxygens (including phenoxy) is 3. The van der Waals surface area contributed by atoms with Gasteiger partial charge in [0.05, 0.1) is 13.2 Å². The number of hydrogen-bond donors (Lipinski definition) is 3. The van der Waals surface area contributed by atoms with Gasteiger partial charge in [-0.15, -0.1) is 0 Å². The molecule has 3 aromatic rings. The SMILES string of the molecule is COc1ccc(C(Nc2ccc(CN)cc2)[C@@H](CC[C@@H](O[C@H]2CCCCO2)C(=O)O)c2ccc(F)cc2)cc1. The van der Waals surface area contributed by atoms with Gasteiger partial charge in [0.25, 0.3) is 0 Å². The predicted molar refractivity (Wildman–Crippen MR) is 148 cm³/mol. The monoisotopic (exact) mass is 536 g/mol. The van der Waals surface area contributed by atoms with E-state index < -0.39 is 18.4 Å². The Kier molecular flexibility index (Phi) is 10.3. The second-order valence-corrected chi connectivity index (χ2v) is 9.79. The van der Waals surface area contributed by atoms with Crippen molar-refractivity contribution in [1.29, 1.82) is 0 Å². The summed E-state index contributed by atoms with van der Waals surface area (Å²) >= 11 is 0. The van der Waals surface area contributed by atoms with E-state index in [2.05, 4.69) is 5.32 Å². The van der Waals surface area contributed by atoms with Gasteiger partial charge in [0.15, 0.2) is 12.4 Å². The van der Waals surface area contributed by atoms with Crippen LogP contribution in [0.3, 0.4) is 0 Å². The summed E-state index contributed by atoms with van der Waals surface area (Å²) in [7, 11) is 1.62. The molecule has 1 aliphatic rings. The Balaban J connectivity index is 1.65. The van der Waals surface area contributed by atoms with Crippen molar-refractivity contribution in [3.05, 3.63) is 95.3 Å². The number of rotatable bonds is 13. The van der Waals surface area contributed by atoms with Crippen LogP contribution in [0.25, 0.3) is 0 Å². The third kappa shape index (κ3) is 8.02. The summed E-state index contributed by atoms with van der Waals surface area (Å²) in [5.74, 6) is -0.820. The van der Waals surface area contributed by atoms with Gasteiger partial charge in [-0.1, -0.05) is 36.4 Å². The van der Waals surface area contributed by atoms with Gasteiger partial charge >= 0.3 is 5.97 Å². The normalized spacial score (nSPS) is 17.7. The number of nitrogens with two attached hydrogens (primary N) is 1. The lowest BCUT2D eigenvalue weighted by Crippen LogP contribution is -2.33. The Morgan fingerprint density at radius 3 is 2.31 bits per heavy atom. The van der Waals surface area contributed by atoms with Gasteiger partial charge in [-0.3, -0.25) is 0 Å². The van der Waals surface area contributed by atoms with Crippen LogP contribution in [0, 0.1) is 5.82 Å². The number of carboxylic acids is 1. The molecule has 0 spiro atoms. The number of carbonyl (C=O) groups is 1. The number of carboxylic acid groups (broad SMARTS) is 1. The lowest BCUT2D eigenvalue weighted by molar-refractivity contribution is -0.201. The minimum absolute atomic E-state index is 0.203. The maximum atomic E-state index is 13.9. The van der Waals surface area contributed by atoms with Gasteiger partial charge in [-0.2, -0.15) is 0 Å². The quantitative estimate of drug-likeness (QED) is 0.246. The number of halogens is 1. The number of methoxy groups -OCH3 is 1. The molecule has 4 rings (SSSR count). The molecular weight excluding hydrogens is 499 g/mol. The molecule has 0 aliphatic carbocycles. The molecule has 1 saturated heterocycles. The first-order valence-corrected chi connectivity index (χ1v) is 13.4. The summed E-state index contributed by atoms with van der Waals surface area (Å²) < 4.78 is 30.8. The molecular formula is C31H37FN2O5. The summed E-state index contributed by atoms with van der Waals surface area (Å²) in [5, 5.41) is 13.6. The summed E-state index contributed by atoms with van der Waals surface area (Å²) in [4.78, 5) is 12.2. The zero-order valence-corrected chi connectivity index (χ0v) is 22.2. The lowest BCUT2D eigenvalue weighted by atomic mass is 9.82. The summed E-state index contributed by atoms with van der Waals surface area (Å²) in [6, 6.07) is 21.8. The predicted octanol–water partition coefficient (Wildman–Crippen LogP) is 6.01. The third-order valence-electron chi connectivity index (χ3n) is 7.16. The Morgan fingerprint density at radius 1 is 1.03 bits per heavy atom. The summed E-state index contributed by atoms with van der Waals surface area (Å²) in [5.41, 5.74) is 9.56. The largest absolute Gasteiger partial charge is 0.497 e. The molecule has 3 aromatic carbocycles. The maximum absolute atomic E-state index is 13.9. The van der Waals surface area contributed by atoms with Crippen LogP contribution in [0.1, 0.15) is 60.8 Å². The van der Waals surface area contributed by atoms with Crippen molar-refractivity contribution in [3.8, 4) is 5.75 Å². The number of anilines is 1. The van der Waals surface area contributed by atoms with Crippen molar-refractivity contribution in [2.75, 3.05) is 19.0 Å². The van der Waals surface area contributed by atoms with E-state index in [1.807, 2.05) is 48.5 Å². The number of hydrogen-bond acceptors (Lipinski definition) is 6. The standard InChI is InChI=1S/C31H37FN2O5/c1-37-26-15-9-23(10-16-26)30(34-25-13-5-21(20-33)6-14-25)27(22-7-11-24(32)12-8-22)17-18-28(31(35)36)39-29-4-2-3-19-38-29/h5-16,27-30,34H,2-4,17-20,33H2,1H3,(H,35,36)/t27-,28+,29-,30?/m0/s1. The molecule has 1 heterocycles. The Morgan fingerprint density at radius 2 is 1.72 bits per heavy atom. The maximum Gasteiger partial charge on any atom is 0.332 e. The minimum Gasteiger partial charge on any atom is -0.497 e. The second kappa shape index (κ2) is 14.1. The van der Waals surface area contributed by atoms with Crippen molar-refractivity contribution >= 4 is 11.7 Å². The van der Waals surface area contributed by atoms with Crippen molar-refractivity contribution in [1.82, 2.24) is 0 Å². The fourth-order valence-electron chi connectivity index (χ4n) is 4.96. The van der Waals surface area contributed by atoms with Gasteiger partial charge in [0.2, 0.25) is 0 Å². The van der Waals surface area contributed by atoms with Crippen molar-refractivity contribution in [2.24, 2.45) is 5.73 Å². The number of aliphatic carboxylic acids is 1. The first kappa shape index (κ1) is 28.5. The van der Waals surface area contributed by atoms with Gasteiger partial charge < -0.3 is 30.4 Å². The van der Waals surface area contributed by atoms with Crippen molar-refractivity contribution in [2.45, 2.75) is 63.0 Å². The number of benzene rings is 3. The molecule has 1 fully saturated rings. The van der Waals surface area contributed by atoms with Crippen LogP contribution in [0.2, 0.25) is 0 Å². The Bertz CT molecular complexity index is 1170. The highest BCUT2D eigenvalue weighted by Crippen LogP contribution is 2.39. The molecule has 0 radical (unpaired) electrons. The molecule has 0 saturated carbocycles. The zero-order chi connectivity index (χ0) is 27.6. The van der Waals surface area contributed by atoms with Crippen LogP contribution < -0.4 is 15.8 Å². The highest BCUT2D eigenvalue weighted by molar-refractivity contribution is 5.72. The molecule has 208 valence electrons. The Hall–Kier alpha value is -3.46. The van der Waals surface area contributed by atoms with E-state index in [1.54, 1.807) is 19.2 Å². The molecule has 8 heteroatoms. The second-order valence-electron chi connectivity index (χ2n) is 9.79. The zero-order valence-electron chi connectivity index (χ0n) is 22.2. The van der Waals surface area contributed by atoms with E-state index >= 15 is 0 Å². The van der Waals surface area contributed by atoms with Crippen molar-refractivity contribution in [3.63, 3.8) is 0 Å². The average molecular weight is 537 g/mol. The third-order valence-corrected chi connectivity index (χ3v) is 7.16. The van der Waals surface area contributed by atoms with E-state index in [4.69, 9.17) is 19.9 Å². The molecule has 1 aliphatic heterocycles. The first-order chi connectivity index (χ1) is 19.0. The van der Waals surface area contributed by atoms with Crippen LogP contribution in [-0.4, -0.2) is 37.2 Å². The fourth-order valence-corrected chi connectivity index (χ4v) is 4.96. The molecule has 0 aromatic heterocycles. The topological polar surface area (TPSA) is 103 Å². The van der Waals surface area contributed by atoms with Crippen LogP contribution in [0.4, 0.5) is 10.1 Å². The highest BCUT2D eigenvalue weighted by atomic mass is 19.1. The molecule has 39 heavy (non-hydrogen) atoms. The van der Waals surface area contributed by atoms with Crippen LogP contribution in [0.15, 0.2) is 72.8 Å². The van der Waals surface area contributed by atoms with E-state index in [0.29, 0.717) is 26.0 Å². The van der Waals surface area contributed by atoms with E-state index in [1.165, 1.54) is 12.1 Å². The van der Waals surface area contributed by atoms with E-state index in [0.717, 1.165) is 41.0 Å². The van der Waals surface area contributed by atoms with Crippen LogP contribution in [0.5, 0.6) is 5.75 Å². The number of nitrogens with one attached hydrogen (secondary N) is 1. The van der Waals surface area contributed by atoms with Gasteiger partial charge in [-0.25, -0.2) is 9.18 Å².